The predicted octanol–water partition coefficient (Wildman–Crippen LogP) is 7.14. The van der Waals surface area contributed by atoms with Crippen LogP contribution >= 0.6 is 0 Å². The highest BCUT2D eigenvalue weighted by Gasteiger charge is 1.92. The maximum atomic E-state index is 2.14. The summed E-state index contributed by atoms with van der Waals surface area (Å²) in [7, 11) is 0. The van der Waals surface area contributed by atoms with Crippen LogP contribution in [0, 0.1) is 0 Å². The van der Waals surface area contributed by atoms with Crippen LogP contribution in [0.25, 0.3) is 24.3 Å². The number of benzene rings is 3. The van der Waals surface area contributed by atoms with Gasteiger partial charge in [-0.3, -0.25) is 0 Å². The van der Waals surface area contributed by atoms with Crippen molar-refractivity contribution in [3.05, 3.63) is 131 Å². The smallest absolute Gasteiger partial charge is 0.0184 e. The molecule has 0 saturated carbocycles. The van der Waals surface area contributed by atoms with E-state index in [4.69, 9.17) is 0 Å². The van der Waals surface area contributed by atoms with E-state index in [1.807, 2.05) is 36.4 Å². The van der Waals surface area contributed by atoms with E-state index in [9.17, 15) is 0 Å². The molecule has 0 radical (unpaired) electrons. The second-order valence-electron chi connectivity index (χ2n) is 5.89. The van der Waals surface area contributed by atoms with Crippen molar-refractivity contribution in [3.63, 3.8) is 0 Å². The van der Waals surface area contributed by atoms with E-state index in [1.165, 1.54) is 22.3 Å². The summed E-state index contributed by atoms with van der Waals surface area (Å²) in [6.45, 7) is 0. The second-order valence-corrected chi connectivity index (χ2v) is 5.89. The van der Waals surface area contributed by atoms with Crippen molar-refractivity contribution in [1.82, 2.24) is 0 Å². The molecule has 0 aliphatic carbocycles. The van der Waals surface area contributed by atoms with Gasteiger partial charge in [0, 0.05) is 0 Å². The van der Waals surface area contributed by atoms with Crippen LogP contribution in [0.1, 0.15) is 22.3 Å². The van der Waals surface area contributed by atoms with E-state index in [2.05, 4.69) is 97.1 Å². The summed E-state index contributed by atoms with van der Waals surface area (Å²) in [6, 6.07) is 29.0. The highest BCUT2D eigenvalue weighted by Crippen LogP contribution is 2.13. The van der Waals surface area contributed by atoms with Gasteiger partial charge in [-0.2, -0.15) is 0 Å². The van der Waals surface area contributed by atoms with Gasteiger partial charge in [-0.1, -0.05) is 134 Å². The Morgan fingerprint density at radius 3 is 1.12 bits per heavy atom. The molecule has 0 heteroatoms. The fourth-order valence-corrected chi connectivity index (χ4v) is 2.59. The molecule has 0 atom stereocenters. The third kappa shape index (κ3) is 5.61. The van der Waals surface area contributed by atoms with Gasteiger partial charge in [-0.05, 0) is 22.3 Å². The van der Waals surface area contributed by atoms with Crippen LogP contribution in [0.3, 0.4) is 0 Å². The lowest BCUT2D eigenvalue weighted by atomic mass is 10.1. The first kappa shape index (κ1) is 17.4. The SMILES string of the molecule is C(=C/c1ccccc1/C=C/C=C/c1ccccc1)/C=C/c1ccccc1. The van der Waals surface area contributed by atoms with Crippen molar-refractivity contribution in [2.24, 2.45) is 0 Å². The van der Waals surface area contributed by atoms with Crippen molar-refractivity contribution in [2.45, 2.75) is 0 Å². The summed E-state index contributed by atoms with van der Waals surface area (Å²) >= 11 is 0. The van der Waals surface area contributed by atoms with E-state index < -0.39 is 0 Å². The highest BCUT2D eigenvalue weighted by molar-refractivity contribution is 5.68. The van der Waals surface area contributed by atoms with Crippen molar-refractivity contribution < 1.29 is 0 Å². The van der Waals surface area contributed by atoms with Crippen LogP contribution < -0.4 is 0 Å². The minimum atomic E-state index is 1.20. The zero-order valence-corrected chi connectivity index (χ0v) is 14.7. The molecule has 0 aliphatic heterocycles. The maximum absolute atomic E-state index is 2.14. The van der Waals surface area contributed by atoms with Crippen LogP contribution in [0.4, 0.5) is 0 Å². The summed E-state index contributed by atoms with van der Waals surface area (Å²) in [5, 5.41) is 0. The first-order valence-corrected chi connectivity index (χ1v) is 8.80. The first-order chi connectivity index (χ1) is 12.9. The Kier molecular flexibility index (Phi) is 6.58. The maximum Gasteiger partial charge on any atom is -0.0184 e. The number of hydrogen-bond acceptors (Lipinski definition) is 0. The lowest BCUT2D eigenvalue weighted by Crippen LogP contribution is -1.78. The van der Waals surface area contributed by atoms with Gasteiger partial charge in [-0.25, -0.2) is 0 Å². The third-order valence-corrected chi connectivity index (χ3v) is 3.95. The minimum Gasteiger partial charge on any atom is -0.0622 e. The van der Waals surface area contributed by atoms with Gasteiger partial charge in [0.1, 0.15) is 0 Å². The van der Waals surface area contributed by atoms with Gasteiger partial charge in [0.2, 0.25) is 0 Å². The van der Waals surface area contributed by atoms with E-state index in [0.717, 1.165) is 0 Å². The molecule has 0 fully saturated rings. The molecule has 0 N–H and O–H groups in total. The van der Waals surface area contributed by atoms with Gasteiger partial charge in [0.15, 0.2) is 0 Å². The Labute approximate surface area is 156 Å². The fourth-order valence-electron chi connectivity index (χ4n) is 2.59. The van der Waals surface area contributed by atoms with Crippen molar-refractivity contribution in [2.75, 3.05) is 0 Å². The van der Waals surface area contributed by atoms with Crippen molar-refractivity contribution in [3.8, 4) is 0 Å². The largest absolute Gasteiger partial charge is 0.0622 e. The Morgan fingerprint density at radius 1 is 0.346 bits per heavy atom. The molecule has 0 amide bonds. The summed E-state index contributed by atoms with van der Waals surface area (Å²) < 4.78 is 0. The molecule has 126 valence electrons. The Bertz CT molecular complexity index is 832. The van der Waals surface area contributed by atoms with Crippen LogP contribution in [-0.2, 0) is 0 Å². The number of rotatable bonds is 6. The fraction of sp³-hybridized carbons (Fsp3) is 0. The van der Waals surface area contributed by atoms with E-state index >= 15 is 0 Å². The molecule has 26 heavy (non-hydrogen) atoms. The quantitative estimate of drug-likeness (QED) is 0.420. The lowest BCUT2D eigenvalue weighted by molar-refractivity contribution is 1.61. The third-order valence-electron chi connectivity index (χ3n) is 3.95. The van der Waals surface area contributed by atoms with Gasteiger partial charge >= 0.3 is 0 Å². The monoisotopic (exact) mass is 334 g/mol. The van der Waals surface area contributed by atoms with Crippen LogP contribution in [0.15, 0.2) is 109 Å². The molecule has 3 rings (SSSR count). The zero-order valence-electron chi connectivity index (χ0n) is 14.7. The van der Waals surface area contributed by atoms with Gasteiger partial charge < -0.3 is 0 Å². The molecule has 0 bridgehead atoms. The highest BCUT2D eigenvalue weighted by atomic mass is 14.0. The van der Waals surface area contributed by atoms with E-state index in [-0.39, 0.29) is 0 Å². The predicted molar refractivity (Wildman–Crippen MR) is 115 cm³/mol. The van der Waals surface area contributed by atoms with Crippen LogP contribution in [0.5, 0.6) is 0 Å². The summed E-state index contributed by atoms with van der Waals surface area (Å²) in [5.74, 6) is 0. The van der Waals surface area contributed by atoms with Gasteiger partial charge in [-0.15, -0.1) is 0 Å². The number of allylic oxidation sites excluding steroid dienone is 4. The molecule has 0 aromatic heterocycles. The van der Waals surface area contributed by atoms with Crippen molar-refractivity contribution in [1.29, 1.82) is 0 Å². The average Bonchev–Trinajstić information content (AvgIpc) is 2.71. The Hall–Kier alpha value is -3.38. The van der Waals surface area contributed by atoms with Gasteiger partial charge in [0.05, 0.1) is 0 Å². The lowest BCUT2D eigenvalue weighted by Gasteiger charge is -1.99. The Balaban J connectivity index is 1.66. The molecular weight excluding hydrogens is 312 g/mol. The average molecular weight is 334 g/mol. The van der Waals surface area contributed by atoms with Crippen LogP contribution in [-0.4, -0.2) is 0 Å². The van der Waals surface area contributed by atoms with Crippen molar-refractivity contribution >= 4 is 24.3 Å². The Morgan fingerprint density at radius 2 is 0.692 bits per heavy atom. The summed E-state index contributed by atoms with van der Waals surface area (Å²) in [4.78, 5) is 0. The summed E-state index contributed by atoms with van der Waals surface area (Å²) in [5.41, 5.74) is 4.82. The van der Waals surface area contributed by atoms with E-state index in [0.29, 0.717) is 0 Å². The normalized spacial score (nSPS) is 12.0. The molecule has 0 nitrogen and oxygen atoms in total. The molecule has 0 heterocycles. The standard InChI is InChI=1S/C26H22/c1-3-13-23(14-4-1)17-7-9-19-25-21-11-12-22-26(25)20-10-8-18-24-15-5-2-6-16-24/h1-22H/b17-7+,18-8+,19-9-,20-10+. The van der Waals surface area contributed by atoms with Crippen LogP contribution in [0.2, 0.25) is 0 Å². The zero-order chi connectivity index (χ0) is 17.9. The first-order valence-electron chi connectivity index (χ1n) is 8.80. The molecule has 3 aromatic rings. The molecule has 0 unspecified atom stereocenters. The molecule has 0 saturated heterocycles. The minimum absolute atomic E-state index is 1.20. The molecule has 0 spiro atoms. The van der Waals surface area contributed by atoms with Gasteiger partial charge in [0.25, 0.3) is 0 Å². The molecule has 3 aromatic carbocycles. The summed E-state index contributed by atoms with van der Waals surface area (Å²) in [6.07, 6.45) is 16.8. The van der Waals surface area contributed by atoms with E-state index in [1.54, 1.807) is 0 Å². The second kappa shape index (κ2) is 9.80. The molecule has 0 aliphatic rings. The molecular formula is C26H22. The number of hydrogen-bond donors (Lipinski definition) is 0. The topological polar surface area (TPSA) is 0 Å².